The minimum Gasteiger partial charge on any atom is -0.389 e. The summed E-state index contributed by atoms with van der Waals surface area (Å²) in [6.07, 6.45) is 0. The van der Waals surface area contributed by atoms with Crippen molar-refractivity contribution in [2.75, 3.05) is 18.9 Å². The van der Waals surface area contributed by atoms with Gasteiger partial charge >= 0.3 is 6.03 Å². The number of aliphatic hydroxyl groups is 1. The van der Waals surface area contributed by atoms with Gasteiger partial charge in [-0.2, -0.15) is 0 Å². The molecule has 0 bridgehead atoms. The molecule has 5 heteroatoms. The third-order valence-electron chi connectivity index (χ3n) is 2.39. The van der Waals surface area contributed by atoms with Gasteiger partial charge in [-0.25, -0.2) is 4.79 Å². The van der Waals surface area contributed by atoms with E-state index in [9.17, 15) is 9.90 Å². The third-order valence-corrected chi connectivity index (χ3v) is 2.80. The Morgan fingerprint density at radius 3 is 2.61 bits per heavy atom. The molecule has 2 N–H and O–H groups in total. The van der Waals surface area contributed by atoms with E-state index < -0.39 is 5.60 Å². The van der Waals surface area contributed by atoms with Crippen molar-refractivity contribution in [3.05, 3.63) is 28.8 Å². The highest BCUT2D eigenvalue weighted by Crippen LogP contribution is 2.20. The fraction of sp³-hybridized carbons (Fsp3) is 0.462. The number of rotatable bonds is 3. The highest BCUT2D eigenvalue weighted by molar-refractivity contribution is 6.31. The van der Waals surface area contributed by atoms with Crippen LogP contribution in [0.25, 0.3) is 0 Å². The van der Waals surface area contributed by atoms with Gasteiger partial charge in [0.25, 0.3) is 0 Å². The summed E-state index contributed by atoms with van der Waals surface area (Å²) < 4.78 is 0. The van der Waals surface area contributed by atoms with Crippen LogP contribution in [0.1, 0.15) is 19.4 Å². The molecule has 0 aromatic heterocycles. The van der Waals surface area contributed by atoms with Crippen molar-refractivity contribution in [2.45, 2.75) is 26.4 Å². The van der Waals surface area contributed by atoms with Crippen molar-refractivity contribution in [3.8, 4) is 0 Å². The maximum atomic E-state index is 11.8. The molecule has 100 valence electrons. The molecule has 0 aliphatic carbocycles. The van der Waals surface area contributed by atoms with Gasteiger partial charge in [0.1, 0.15) is 0 Å². The predicted molar refractivity (Wildman–Crippen MR) is 74.1 cm³/mol. The van der Waals surface area contributed by atoms with Crippen LogP contribution in [-0.4, -0.2) is 35.2 Å². The first-order valence-electron chi connectivity index (χ1n) is 5.70. The number of urea groups is 1. The maximum Gasteiger partial charge on any atom is 0.321 e. The first-order valence-corrected chi connectivity index (χ1v) is 6.07. The molecule has 0 spiro atoms. The second-order valence-electron chi connectivity index (χ2n) is 5.06. The van der Waals surface area contributed by atoms with Gasteiger partial charge in [0.05, 0.1) is 12.1 Å². The molecule has 0 aliphatic heterocycles. The lowest BCUT2D eigenvalue weighted by Crippen LogP contribution is -2.41. The Morgan fingerprint density at radius 1 is 1.50 bits per heavy atom. The van der Waals surface area contributed by atoms with E-state index in [0.717, 1.165) is 5.56 Å². The van der Waals surface area contributed by atoms with Gasteiger partial charge in [0.2, 0.25) is 0 Å². The predicted octanol–water partition coefficient (Wildman–Crippen LogP) is 2.88. The molecule has 0 atom stereocenters. The largest absolute Gasteiger partial charge is 0.389 e. The fourth-order valence-corrected chi connectivity index (χ4v) is 1.72. The number of anilines is 1. The van der Waals surface area contributed by atoms with Crippen molar-refractivity contribution < 1.29 is 9.90 Å². The summed E-state index contributed by atoms with van der Waals surface area (Å²) in [5.74, 6) is 0. The number of nitrogens with zero attached hydrogens (tertiary/aromatic N) is 1. The standard InChI is InChI=1S/C13H19ClN2O2/c1-9-5-6-10(7-11(9)14)15-12(17)16(4)8-13(2,3)18/h5-7,18H,8H2,1-4H3,(H,15,17). The zero-order chi connectivity index (χ0) is 13.9. The van der Waals surface area contributed by atoms with Gasteiger partial charge in [-0.05, 0) is 38.5 Å². The average molecular weight is 271 g/mol. The number of aryl methyl sites for hydroxylation is 1. The quantitative estimate of drug-likeness (QED) is 0.887. The molecule has 0 fully saturated rings. The van der Waals surface area contributed by atoms with Crippen LogP contribution in [0, 0.1) is 6.92 Å². The molecule has 4 nitrogen and oxygen atoms in total. The number of halogens is 1. The lowest BCUT2D eigenvalue weighted by atomic mass is 10.1. The van der Waals surface area contributed by atoms with E-state index in [4.69, 9.17) is 11.6 Å². The minimum absolute atomic E-state index is 0.248. The van der Waals surface area contributed by atoms with E-state index in [-0.39, 0.29) is 12.6 Å². The van der Waals surface area contributed by atoms with Crippen LogP contribution < -0.4 is 5.32 Å². The fourth-order valence-electron chi connectivity index (χ4n) is 1.54. The van der Waals surface area contributed by atoms with Gasteiger partial charge in [0, 0.05) is 17.8 Å². The Kier molecular flexibility index (Phi) is 4.59. The van der Waals surface area contributed by atoms with Crippen molar-refractivity contribution in [1.29, 1.82) is 0 Å². The van der Waals surface area contributed by atoms with Crippen molar-refractivity contribution in [1.82, 2.24) is 4.90 Å². The monoisotopic (exact) mass is 270 g/mol. The number of hydrogen-bond acceptors (Lipinski definition) is 2. The van der Waals surface area contributed by atoms with Crippen molar-refractivity contribution in [2.24, 2.45) is 0 Å². The van der Waals surface area contributed by atoms with E-state index >= 15 is 0 Å². The second-order valence-corrected chi connectivity index (χ2v) is 5.47. The molecule has 2 amide bonds. The molecule has 1 rings (SSSR count). The summed E-state index contributed by atoms with van der Waals surface area (Å²) in [5.41, 5.74) is 0.675. The Bertz CT molecular complexity index is 441. The second kappa shape index (κ2) is 5.59. The van der Waals surface area contributed by atoms with Crippen molar-refractivity contribution in [3.63, 3.8) is 0 Å². The van der Waals surface area contributed by atoms with Gasteiger partial charge in [-0.15, -0.1) is 0 Å². The van der Waals surface area contributed by atoms with E-state index in [1.54, 1.807) is 33.0 Å². The molecular formula is C13H19ClN2O2. The van der Waals surface area contributed by atoms with Gasteiger partial charge < -0.3 is 15.3 Å². The summed E-state index contributed by atoms with van der Waals surface area (Å²) in [5, 5.41) is 13.0. The molecule has 0 heterocycles. The molecule has 0 radical (unpaired) electrons. The summed E-state index contributed by atoms with van der Waals surface area (Å²) in [6.45, 7) is 5.45. The number of amides is 2. The van der Waals surface area contributed by atoms with Crippen LogP contribution in [0.2, 0.25) is 5.02 Å². The number of likely N-dealkylation sites (N-methyl/N-ethyl adjacent to an activating group) is 1. The van der Waals surface area contributed by atoms with Crippen LogP contribution in [0.4, 0.5) is 10.5 Å². The molecule has 18 heavy (non-hydrogen) atoms. The molecule has 0 unspecified atom stereocenters. The number of hydrogen-bond donors (Lipinski definition) is 2. The lowest BCUT2D eigenvalue weighted by Gasteiger charge is -2.25. The Balaban J connectivity index is 2.67. The molecule has 0 aliphatic rings. The Labute approximate surface area is 113 Å². The van der Waals surface area contributed by atoms with E-state index in [0.29, 0.717) is 10.7 Å². The molecule has 0 saturated carbocycles. The minimum atomic E-state index is -0.920. The van der Waals surface area contributed by atoms with Gasteiger partial charge in [0.15, 0.2) is 0 Å². The number of carbonyl (C=O) groups is 1. The van der Waals surface area contributed by atoms with Crippen LogP contribution in [0.3, 0.4) is 0 Å². The van der Waals surface area contributed by atoms with Crippen molar-refractivity contribution >= 4 is 23.3 Å². The number of carbonyl (C=O) groups excluding carboxylic acids is 1. The van der Waals surface area contributed by atoms with Crippen LogP contribution >= 0.6 is 11.6 Å². The average Bonchev–Trinajstić information content (AvgIpc) is 2.21. The highest BCUT2D eigenvalue weighted by Gasteiger charge is 2.19. The van der Waals surface area contributed by atoms with E-state index in [1.807, 2.05) is 13.0 Å². The summed E-state index contributed by atoms with van der Waals surface area (Å²) >= 11 is 5.98. The van der Waals surface area contributed by atoms with Crippen LogP contribution in [-0.2, 0) is 0 Å². The molecule has 1 aromatic carbocycles. The molecule has 1 aromatic rings. The zero-order valence-electron chi connectivity index (χ0n) is 11.1. The maximum absolute atomic E-state index is 11.8. The Morgan fingerprint density at radius 2 is 2.11 bits per heavy atom. The summed E-state index contributed by atoms with van der Waals surface area (Å²) in [4.78, 5) is 13.3. The SMILES string of the molecule is Cc1ccc(NC(=O)N(C)CC(C)(C)O)cc1Cl. The van der Waals surface area contributed by atoms with Crippen LogP contribution in [0.15, 0.2) is 18.2 Å². The smallest absolute Gasteiger partial charge is 0.321 e. The van der Waals surface area contributed by atoms with Crippen LogP contribution in [0.5, 0.6) is 0 Å². The molecule has 0 saturated heterocycles. The Hall–Kier alpha value is -1.26. The lowest BCUT2D eigenvalue weighted by molar-refractivity contribution is 0.0550. The summed E-state index contributed by atoms with van der Waals surface area (Å²) in [6, 6.07) is 5.05. The zero-order valence-corrected chi connectivity index (χ0v) is 11.9. The first-order chi connectivity index (χ1) is 8.19. The van der Waals surface area contributed by atoms with Gasteiger partial charge in [-0.3, -0.25) is 0 Å². The number of benzene rings is 1. The third kappa shape index (κ3) is 4.55. The first kappa shape index (κ1) is 14.8. The highest BCUT2D eigenvalue weighted by atomic mass is 35.5. The van der Waals surface area contributed by atoms with Gasteiger partial charge in [-0.1, -0.05) is 17.7 Å². The topological polar surface area (TPSA) is 52.6 Å². The summed E-state index contributed by atoms with van der Waals surface area (Å²) in [7, 11) is 1.63. The number of nitrogens with one attached hydrogen (secondary N) is 1. The normalized spacial score (nSPS) is 11.2. The van der Waals surface area contributed by atoms with E-state index in [1.165, 1.54) is 4.90 Å². The molecular weight excluding hydrogens is 252 g/mol. The van der Waals surface area contributed by atoms with E-state index in [2.05, 4.69) is 5.32 Å².